The van der Waals surface area contributed by atoms with Gasteiger partial charge in [-0.3, -0.25) is 4.98 Å². The number of rotatable bonds is 3. The van der Waals surface area contributed by atoms with Gasteiger partial charge in [0, 0.05) is 29.4 Å². The largest absolute Gasteiger partial charge is 0.490 e. The van der Waals surface area contributed by atoms with Crippen LogP contribution >= 0.6 is 11.6 Å². The molecule has 3 aliphatic rings. The van der Waals surface area contributed by atoms with E-state index in [4.69, 9.17) is 36.5 Å². The summed E-state index contributed by atoms with van der Waals surface area (Å²) in [6.07, 6.45) is 6.66. The standard InChI is InChI=1S/C23H26ClN3O3/c1-13(2)29-17-4-6-21-19(9-17)23(12-28-22(25)27-23)18-8-14(3-5-20(18)30-21)15-7-16(24)11-26-10-15/h3,5,7-8,10-11,13,17,19,21H,4,6,9,12H2,1-2H3,(H2,25,27)/t17-,19+,21?,23?/m1/s1. The minimum Gasteiger partial charge on any atom is -0.490 e. The van der Waals surface area contributed by atoms with Crippen LogP contribution in [0.2, 0.25) is 5.02 Å². The first-order valence-corrected chi connectivity index (χ1v) is 10.9. The van der Waals surface area contributed by atoms with Gasteiger partial charge in [-0.2, -0.15) is 0 Å². The Morgan fingerprint density at radius 2 is 2.07 bits per heavy atom. The van der Waals surface area contributed by atoms with E-state index in [1.807, 2.05) is 24.4 Å². The molecule has 7 heteroatoms. The fourth-order valence-corrected chi connectivity index (χ4v) is 5.29. The summed E-state index contributed by atoms with van der Waals surface area (Å²) in [7, 11) is 0. The van der Waals surface area contributed by atoms with Crippen molar-refractivity contribution in [2.45, 2.75) is 57.0 Å². The summed E-state index contributed by atoms with van der Waals surface area (Å²) in [6, 6.07) is 8.33. The zero-order chi connectivity index (χ0) is 20.9. The number of halogens is 1. The van der Waals surface area contributed by atoms with Crippen molar-refractivity contribution in [3.05, 3.63) is 47.2 Å². The van der Waals surface area contributed by atoms with Crippen LogP contribution in [-0.4, -0.2) is 35.9 Å². The molecule has 2 aromatic rings. The Morgan fingerprint density at radius 3 is 2.80 bits per heavy atom. The first-order chi connectivity index (χ1) is 14.4. The number of ether oxygens (including phenoxy) is 3. The van der Waals surface area contributed by atoms with Crippen molar-refractivity contribution in [1.82, 2.24) is 4.98 Å². The van der Waals surface area contributed by atoms with Gasteiger partial charge in [0.25, 0.3) is 6.02 Å². The van der Waals surface area contributed by atoms with E-state index >= 15 is 0 Å². The molecule has 3 heterocycles. The van der Waals surface area contributed by atoms with E-state index in [1.165, 1.54) is 0 Å². The molecule has 6 nitrogen and oxygen atoms in total. The number of nitrogens with two attached hydrogens (primary N) is 1. The Labute approximate surface area is 181 Å². The molecular formula is C23H26ClN3O3. The molecule has 158 valence electrons. The van der Waals surface area contributed by atoms with Gasteiger partial charge in [-0.15, -0.1) is 0 Å². The molecule has 1 fully saturated rings. The van der Waals surface area contributed by atoms with E-state index in [2.05, 4.69) is 24.9 Å². The lowest BCUT2D eigenvalue weighted by atomic mass is 9.67. The molecule has 1 spiro atoms. The molecule has 0 radical (unpaired) electrons. The number of hydrogen-bond donors (Lipinski definition) is 1. The number of benzene rings is 1. The Morgan fingerprint density at radius 1 is 1.20 bits per heavy atom. The van der Waals surface area contributed by atoms with E-state index in [-0.39, 0.29) is 30.3 Å². The van der Waals surface area contributed by atoms with Gasteiger partial charge in [0.1, 0.15) is 24.0 Å². The number of hydrogen-bond acceptors (Lipinski definition) is 6. The molecular weight excluding hydrogens is 402 g/mol. The van der Waals surface area contributed by atoms with E-state index in [1.54, 1.807) is 6.20 Å². The van der Waals surface area contributed by atoms with Crippen LogP contribution in [0.5, 0.6) is 5.75 Å². The molecule has 0 saturated heterocycles. The van der Waals surface area contributed by atoms with Crippen LogP contribution in [0, 0.1) is 5.92 Å². The number of nitrogens with zero attached hydrogens (tertiary/aromatic N) is 2. The molecule has 2 unspecified atom stereocenters. The van der Waals surface area contributed by atoms with Crippen molar-refractivity contribution in [2.24, 2.45) is 16.6 Å². The third kappa shape index (κ3) is 3.32. The van der Waals surface area contributed by atoms with Crippen LogP contribution in [0.25, 0.3) is 11.1 Å². The predicted octanol–water partition coefficient (Wildman–Crippen LogP) is 4.30. The molecule has 0 bridgehead atoms. The number of aliphatic imine (C=N–C) groups is 1. The van der Waals surface area contributed by atoms with E-state index in [9.17, 15) is 0 Å². The summed E-state index contributed by atoms with van der Waals surface area (Å²) in [6.45, 7) is 4.57. The highest BCUT2D eigenvalue weighted by molar-refractivity contribution is 6.30. The van der Waals surface area contributed by atoms with Crippen LogP contribution in [0.15, 0.2) is 41.7 Å². The summed E-state index contributed by atoms with van der Waals surface area (Å²) >= 11 is 6.17. The fraction of sp³-hybridized carbons (Fsp3) is 0.478. The van der Waals surface area contributed by atoms with E-state index in [0.29, 0.717) is 11.6 Å². The molecule has 30 heavy (non-hydrogen) atoms. The maximum Gasteiger partial charge on any atom is 0.283 e. The van der Waals surface area contributed by atoms with Crippen molar-refractivity contribution in [1.29, 1.82) is 0 Å². The Hall–Kier alpha value is -2.31. The highest BCUT2D eigenvalue weighted by Gasteiger charge is 2.55. The average Bonchev–Trinajstić information content (AvgIpc) is 3.10. The summed E-state index contributed by atoms with van der Waals surface area (Å²) < 4.78 is 18.4. The number of aromatic nitrogens is 1. The summed E-state index contributed by atoms with van der Waals surface area (Å²) in [4.78, 5) is 9.09. The van der Waals surface area contributed by atoms with Gasteiger partial charge < -0.3 is 19.9 Å². The first-order valence-electron chi connectivity index (χ1n) is 10.5. The highest BCUT2D eigenvalue weighted by atomic mass is 35.5. The summed E-state index contributed by atoms with van der Waals surface area (Å²) in [5.74, 6) is 0.983. The van der Waals surface area contributed by atoms with Gasteiger partial charge in [0.15, 0.2) is 0 Å². The molecule has 4 atom stereocenters. The van der Waals surface area contributed by atoms with E-state index in [0.717, 1.165) is 41.7 Å². The van der Waals surface area contributed by atoms with Gasteiger partial charge in [0.05, 0.1) is 17.2 Å². The topological polar surface area (TPSA) is 79.0 Å². The normalized spacial score (nSPS) is 29.7. The maximum absolute atomic E-state index is 6.46. The second-order valence-corrected chi connectivity index (χ2v) is 9.08. The quantitative estimate of drug-likeness (QED) is 0.790. The van der Waals surface area contributed by atoms with E-state index < -0.39 is 5.54 Å². The Kier molecular flexibility index (Phi) is 4.86. The summed E-state index contributed by atoms with van der Waals surface area (Å²) in [5, 5.41) is 0.601. The fourth-order valence-electron chi connectivity index (χ4n) is 5.11. The number of fused-ring (bicyclic) bond motifs is 4. The van der Waals surface area contributed by atoms with Crippen LogP contribution in [0.1, 0.15) is 38.7 Å². The first kappa shape index (κ1) is 19.6. The monoisotopic (exact) mass is 427 g/mol. The van der Waals surface area contributed by atoms with Gasteiger partial charge >= 0.3 is 0 Å². The Bertz CT molecular complexity index is 995. The Balaban J connectivity index is 1.59. The molecule has 2 aliphatic heterocycles. The van der Waals surface area contributed by atoms with Crippen LogP contribution in [-0.2, 0) is 15.0 Å². The van der Waals surface area contributed by atoms with Crippen LogP contribution in [0.4, 0.5) is 0 Å². The molecule has 1 aromatic heterocycles. The molecule has 1 saturated carbocycles. The van der Waals surface area contributed by atoms with Gasteiger partial charge in [0.2, 0.25) is 0 Å². The lowest BCUT2D eigenvalue weighted by Crippen LogP contribution is -2.52. The minimum atomic E-state index is -0.566. The van der Waals surface area contributed by atoms with Gasteiger partial charge in [-0.1, -0.05) is 17.7 Å². The lowest BCUT2D eigenvalue weighted by molar-refractivity contribution is -0.0791. The van der Waals surface area contributed by atoms with Gasteiger partial charge in [-0.05, 0) is 56.9 Å². The summed E-state index contributed by atoms with van der Waals surface area (Å²) in [5.41, 5.74) is 8.43. The molecule has 0 amide bonds. The van der Waals surface area contributed by atoms with Crippen molar-refractivity contribution in [3.63, 3.8) is 0 Å². The van der Waals surface area contributed by atoms with Crippen molar-refractivity contribution in [3.8, 4) is 16.9 Å². The van der Waals surface area contributed by atoms with Crippen molar-refractivity contribution >= 4 is 17.6 Å². The smallest absolute Gasteiger partial charge is 0.283 e. The highest BCUT2D eigenvalue weighted by Crippen LogP contribution is 2.53. The second-order valence-electron chi connectivity index (χ2n) is 8.65. The lowest BCUT2D eigenvalue weighted by Gasteiger charge is -2.48. The number of pyridine rings is 1. The van der Waals surface area contributed by atoms with Crippen LogP contribution < -0.4 is 10.5 Å². The van der Waals surface area contributed by atoms with Crippen molar-refractivity contribution in [2.75, 3.05) is 6.61 Å². The zero-order valence-corrected chi connectivity index (χ0v) is 17.9. The number of amidine groups is 1. The third-order valence-corrected chi connectivity index (χ3v) is 6.54. The van der Waals surface area contributed by atoms with Crippen LogP contribution in [0.3, 0.4) is 0 Å². The molecule has 2 N–H and O–H groups in total. The average molecular weight is 428 g/mol. The zero-order valence-electron chi connectivity index (χ0n) is 17.2. The molecule has 5 rings (SSSR count). The molecule has 1 aliphatic carbocycles. The third-order valence-electron chi connectivity index (χ3n) is 6.33. The van der Waals surface area contributed by atoms with Crippen molar-refractivity contribution < 1.29 is 14.2 Å². The minimum absolute atomic E-state index is 0.0708. The SMILES string of the molecule is CC(C)O[C@@H]1CCC2Oc3ccc(-c4cncc(Cl)c4)cc3C3(COC(N)=N3)[C@H]2C1. The van der Waals surface area contributed by atoms with Gasteiger partial charge in [-0.25, -0.2) is 4.99 Å². The second kappa shape index (κ2) is 7.43. The predicted molar refractivity (Wildman–Crippen MR) is 116 cm³/mol. The molecule has 1 aromatic carbocycles. The maximum atomic E-state index is 6.46.